The molecule has 0 spiro atoms. The summed E-state index contributed by atoms with van der Waals surface area (Å²) < 4.78 is 10.8. The summed E-state index contributed by atoms with van der Waals surface area (Å²) in [5.41, 5.74) is 0.557. The van der Waals surface area contributed by atoms with Gasteiger partial charge < -0.3 is 14.8 Å². The number of aromatic nitrogens is 1. The number of carbonyl (C=O) groups excluding carboxylic acids is 1. The minimum absolute atomic E-state index is 0.130. The summed E-state index contributed by atoms with van der Waals surface area (Å²) >= 11 is 0. The second kappa shape index (κ2) is 8.60. The molecule has 0 unspecified atom stereocenters. The van der Waals surface area contributed by atoms with Gasteiger partial charge in [0, 0.05) is 38.6 Å². The van der Waals surface area contributed by atoms with Crippen LogP contribution in [-0.2, 0) is 9.47 Å². The Morgan fingerprint density at radius 3 is 2.67 bits per heavy atom. The Bertz CT molecular complexity index is 337. The van der Waals surface area contributed by atoms with Crippen molar-refractivity contribution in [1.29, 1.82) is 0 Å². The standard InChI is InChI=1S/C13H20N2O3/c1-3-17-12(18-4-2)7-9-15-13(16)11-6-5-8-14-10-11/h5-6,8,10,12H,3-4,7,9H2,1-2H3,(H,15,16). The van der Waals surface area contributed by atoms with Crippen molar-refractivity contribution >= 4 is 5.91 Å². The molecule has 1 N–H and O–H groups in total. The lowest BCUT2D eigenvalue weighted by Gasteiger charge is -2.16. The molecule has 0 radical (unpaired) electrons. The molecule has 5 nitrogen and oxygen atoms in total. The molecule has 1 rings (SSSR count). The maximum absolute atomic E-state index is 11.7. The van der Waals surface area contributed by atoms with E-state index in [4.69, 9.17) is 9.47 Å². The van der Waals surface area contributed by atoms with Gasteiger partial charge in [0.1, 0.15) is 0 Å². The van der Waals surface area contributed by atoms with E-state index in [1.54, 1.807) is 18.3 Å². The average molecular weight is 252 g/mol. The van der Waals surface area contributed by atoms with Gasteiger partial charge in [-0.05, 0) is 26.0 Å². The van der Waals surface area contributed by atoms with Crippen LogP contribution in [0.4, 0.5) is 0 Å². The molecular weight excluding hydrogens is 232 g/mol. The Labute approximate surface area is 108 Å². The molecule has 0 saturated heterocycles. The highest BCUT2D eigenvalue weighted by molar-refractivity contribution is 5.93. The Hall–Kier alpha value is -1.46. The second-order valence-corrected chi connectivity index (χ2v) is 3.63. The highest BCUT2D eigenvalue weighted by Crippen LogP contribution is 2.01. The van der Waals surface area contributed by atoms with Crippen LogP contribution < -0.4 is 5.32 Å². The van der Waals surface area contributed by atoms with Crippen molar-refractivity contribution in [2.24, 2.45) is 0 Å². The molecule has 18 heavy (non-hydrogen) atoms. The first-order valence-corrected chi connectivity index (χ1v) is 6.19. The molecule has 1 aromatic heterocycles. The van der Waals surface area contributed by atoms with Gasteiger partial charge in [-0.15, -0.1) is 0 Å². The SMILES string of the molecule is CCOC(CCNC(=O)c1cccnc1)OCC. The van der Waals surface area contributed by atoms with Crippen LogP contribution in [-0.4, -0.2) is 36.9 Å². The Morgan fingerprint density at radius 2 is 2.11 bits per heavy atom. The minimum Gasteiger partial charge on any atom is -0.353 e. The zero-order valence-electron chi connectivity index (χ0n) is 10.9. The summed E-state index contributed by atoms with van der Waals surface area (Å²) in [6.07, 6.45) is 3.55. The first-order valence-electron chi connectivity index (χ1n) is 6.19. The van der Waals surface area contributed by atoms with E-state index in [2.05, 4.69) is 10.3 Å². The van der Waals surface area contributed by atoms with Crippen LogP contribution in [0.1, 0.15) is 30.6 Å². The van der Waals surface area contributed by atoms with Crippen LogP contribution in [0, 0.1) is 0 Å². The monoisotopic (exact) mass is 252 g/mol. The third kappa shape index (κ3) is 5.25. The van der Waals surface area contributed by atoms with Crippen molar-refractivity contribution in [2.45, 2.75) is 26.6 Å². The van der Waals surface area contributed by atoms with Gasteiger partial charge in [-0.25, -0.2) is 0 Å². The van der Waals surface area contributed by atoms with Crippen LogP contribution in [0.2, 0.25) is 0 Å². The van der Waals surface area contributed by atoms with Crippen molar-refractivity contribution in [1.82, 2.24) is 10.3 Å². The summed E-state index contributed by atoms with van der Waals surface area (Å²) in [4.78, 5) is 15.6. The maximum atomic E-state index is 11.7. The predicted molar refractivity (Wildman–Crippen MR) is 68.2 cm³/mol. The van der Waals surface area contributed by atoms with Crippen molar-refractivity contribution in [3.05, 3.63) is 30.1 Å². The van der Waals surface area contributed by atoms with Crippen LogP contribution >= 0.6 is 0 Å². The second-order valence-electron chi connectivity index (χ2n) is 3.63. The summed E-state index contributed by atoms with van der Waals surface area (Å²) in [6.45, 7) is 5.54. The van der Waals surface area contributed by atoms with Gasteiger partial charge in [0.15, 0.2) is 6.29 Å². The quantitative estimate of drug-likeness (QED) is 0.714. The first kappa shape index (κ1) is 14.6. The number of rotatable bonds is 8. The topological polar surface area (TPSA) is 60.5 Å². The Balaban J connectivity index is 2.30. The molecular formula is C13H20N2O3. The number of nitrogens with one attached hydrogen (secondary N) is 1. The molecule has 0 saturated carbocycles. The summed E-state index contributed by atoms with van der Waals surface area (Å²) in [6, 6.07) is 3.46. The molecule has 0 aliphatic carbocycles. The normalized spacial score (nSPS) is 10.6. The fourth-order valence-electron chi connectivity index (χ4n) is 1.49. The van der Waals surface area contributed by atoms with Crippen LogP contribution in [0.5, 0.6) is 0 Å². The van der Waals surface area contributed by atoms with E-state index < -0.39 is 0 Å². The number of amides is 1. The molecule has 0 aliphatic heterocycles. The lowest BCUT2D eigenvalue weighted by atomic mass is 10.2. The third-order valence-corrected chi connectivity index (χ3v) is 2.29. The largest absolute Gasteiger partial charge is 0.353 e. The average Bonchev–Trinajstić information content (AvgIpc) is 2.40. The zero-order valence-corrected chi connectivity index (χ0v) is 10.9. The van der Waals surface area contributed by atoms with Crippen LogP contribution in [0.25, 0.3) is 0 Å². The minimum atomic E-state index is -0.255. The highest BCUT2D eigenvalue weighted by atomic mass is 16.7. The lowest BCUT2D eigenvalue weighted by molar-refractivity contribution is -0.138. The number of hydrogen-bond donors (Lipinski definition) is 1. The number of hydrogen-bond acceptors (Lipinski definition) is 4. The van der Waals surface area contributed by atoms with Gasteiger partial charge in [0.05, 0.1) is 5.56 Å². The number of carbonyl (C=O) groups is 1. The van der Waals surface area contributed by atoms with E-state index >= 15 is 0 Å². The highest BCUT2D eigenvalue weighted by Gasteiger charge is 2.09. The van der Waals surface area contributed by atoms with Gasteiger partial charge in [0.2, 0.25) is 0 Å². The van der Waals surface area contributed by atoms with Crippen molar-refractivity contribution in [3.63, 3.8) is 0 Å². The van der Waals surface area contributed by atoms with Gasteiger partial charge in [-0.2, -0.15) is 0 Å². The van der Waals surface area contributed by atoms with Gasteiger partial charge in [-0.3, -0.25) is 9.78 Å². The molecule has 1 amide bonds. The van der Waals surface area contributed by atoms with E-state index in [9.17, 15) is 4.79 Å². The van der Waals surface area contributed by atoms with E-state index in [1.807, 2.05) is 13.8 Å². The Kier molecular flexibility index (Phi) is 6.98. The number of nitrogens with zero attached hydrogens (tertiary/aromatic N) is 1. The molecule has 1 aromatic rings. The smallest absolute Gasteiger partial charge is 0.252 e. The summed E-state index contributed by atoms with van der Waals surface area (Å²) in [5, 5.41) is 2.81. The van der Waals surface area contributed by atoms with E-state index in [-0.39, 0.29) is 12.2 Å². The molecule has 0 aliphatic rings. The number of ether oxygens (including phenoxy) is 2. The van der Waals surface area contributed by atoms with E-state index in [1.165, 1.54) is 6.20 Å². The summed E-state index contributed by atoms with van der Waals surface area (Å²) in [7, 11) is 0. The molecule has 0 atom stereocenters. The fraction of sp³-hybridized carbons (Fsp3) is 0.538. The molecule has 1 heterocycles. The van der Waals surface area contributed by atoms with E-state index in [0.717, 1.165) is 0 Å². The van der Waals surface area contributed by atoms with E-state index in [0.29, 0.717) is 31.7 Å². The number of pyridine rings is 1. The van der Waals surface area contributed by atoms with Crippen LogP contribution in [0.15, 0.2) is 24.5 Å². The molecule has 0 fully saturated rings. The molecule has 5 heteroatoms. The van der Waals surface area contributed by atoms with Gasteiger partial charge >= 0.3 is 0 Å². The zero-order chi connectivity index (χ0) is 13.2. The lowest BCUT2D eigenvalue weighted by Crippen LogP contribution is -2.29. The molecule has 100 valence electrons. The maximum Gasteiger partial charge on any atom is 0.252 e. The molecule has 0 aromatic carbocycles. The van der Waals surface area contributed by atoms with Gasteiger partial charge in [0.25, 0.3) is 5.91 Å². The van der Waals surface area contributed by atoms with Gasteiger partial charge in [-0.1, -0.05) is 0 Å². The predicted octanol–water partition coefficient (Wildman–Crippen LogP) is 1.60. The van der Waals surface area contributed by atoms with Crippen molar-refractivity contribution < 1.29 is 14.3 Å². The van der Waals surface area contributed by atoms with Crippen molar-refractivity contribution in [3.8, 4) is 0 Å². The van der Waals surface area contributed by atoms with Crippen molar-refractivity contribution in [2.75, 3.05) is 19.8 Å². The van der Waals surface area contributed by atoms with Crippen LogP contribution in [0.3, 0.4) is 0 Å². The fourth-order valence-corrected chi connectivity index (χ4v) is 1.49. The molecule has 0 bridgehead atoms. The third-order valence-electron chi connectivity index (χ3n) is 2.29. The summed E-state index contributed by atoms with van der Waals surface area (Å²) in [5.74, 6) is -0.130. The first-order chi connectivity index (χ1) is 8.77. The Morgan fingerprint density at radius 1 is 1.39 bits per heavy atom.